The Kier molecular flexibility index (Phi) is 4.40. The highest BCUT2D eigenvalue weighted by Gasteiger charge is 2.43. The maximum Gasteiger partial charge on any atom is 0.336 e. The van der Waals surface area contributed by atoms with E-state index in [0.29, 0.717) is 22.2 Å². The maximum atomic E-state index is 11.5. The van der Waals surface area contributed by atoms with Gasteiger partial charge >= 0.3 is 5.97 Å². The molecule has 0 radical (unpaired) electrons. The lowest BCUT2D eigenvalue weighted by molar-refractivity contribution is -0.0508. The number of aliphatic hydroxyl groups is 3. The van der Waals surface area contributed by atoms with Gasteiger partial charge in [-0.1, -0.05) is 24.3 Å². The van der Waals surface area contributed by atoms with Crippen LogP contribution in [0.15, 0.2) is 48.8 Å². The van der Waals surface area contributed by atoms with Gasteiger partial charge in [0.15, 0.2) is 6.23 Å². The zero-order chi connectivity index (χ0) is 19.1. The van der Waals surface area contributed by atoms with E-state index in [1.165, 1.54) is 6.33 Å². The second-order valence-electron chi connectivity index (χ2n) is 6.43. The first kappa shape index (κ1) is 17.6. The second kappa shape index (κ2) is 6.75. The van der Waals surface area contributed by atoms with Gasteiger partial charge in [0.1, 0.15) is 18.3 Å². The molecule has 2 heterocycles. The molecular weight excluding hydrogens is 352 g/mol. The topological polar surface area (TPSA) is 125 Å². The summed E-state index contributed by atoms with van der Waals surface area (Å²) in [7, 11) is 0. The highest BCUT2D eigenvalue weighted by Crippen LogP contribution is 2.33. The van der Waals surface area contributed by atoms with Gasteiger partial charge in [-0.05, 0) is 29.3 Å². The summed E-state index contributed by atoms with van der Waals surface area (Å²) in [5, 5.41) is 38.8. The van der Waals surface area contributed by atoms with Crippen molar-refractivity contribution in [3.8, 4) is 11.1 Å². The minimum absolute atomic E-state index is 0.194. The molecule has 4 N–H and O–H groups in total. The van der Waals surface area contributed by atoms with Crippen LogP contribution in [0.4, 0.5) is 0 Å². The number of nitrogens with zero attached hydrogens (tertiary/aromatic N) is 2. The first-order valence-corrected chi connectivity index (χ1v) is 8.43. The maximum absolute atomic E-state index is 11.5. The predicted molar refractivity (Wildman–Crippen MR) is 95.1 cm³/mol. The van der Waals surface area contributed by atoms with Crippen molar-refractivity contribution in [2.45, 2.75) is 24.5 Å². The van der Waals surface area contributed by atoms with E-state index in [1.54, 1.807) is 47.0 Å². The van der Waals surface area contributed by atoms with Gasteiger partial charge in [-0.25, -0.2) is 9.78 Å². The Morgan fingerprint density at radius 3 is 2.63 bits per heavy atom. The minimum atomic E-state index is -1.20. The molecule has 0 bridgehead atoms. The number of ether oxygens (including phenoxy) is 1. The Balaban J connectivity index is 1.74. The molecule has 4 atom stereocenters. The molecule has 8 heteroatoms. The van der Waals surface area contributed by atoms with Gasteiger partial charge in [-0.3, -0.25) is 0 Å². The number of carbonyl (C=O) groups is 1. The molecule has 0 spiro atoms. The molecule has 3 aromatic rings. The van der Waals surface area contributed by atoms with Gasteiger partial charge in [0.25, 0.3) is 0 Å². The van der Waals surface area contributed by atoms with Crippen LogP contribution < -0.4 is 0 Å². The summed E-state index contributed by atoms with van der Waals surface area (Å²) in [4.78, 5) is 15.8. The van der Waals surface area contributed by atoms with E-state index in [-0.39, 0.29) is 5.56 Å². The second-order valence-corrected chi connectivity index (χ2v) is 6.43. The van der Waals surface area contributed by atoms with E-state index in [9.17, 15) is 25.2 Å². The SMILES string of the molecule is O=C(O)c1ccccc1-c1ccc2c(c1)ncn2[C@@H]1O[C@H](CO)[C@@H](O)[C@H]1O. The van der Waals surface area contributed by atoms with Crippen LogP contribution in [0.3, 0.4) is 0 Å². The van der Waals surface area contributed by atoms with Crippen LogP contribution in [-0.4, -0.2) is 60.9 Å². The van der Waals surface area contributed by atoms with Crippen LogP contribution in [-0.2, 0) is 4.74 Å². The van der Waals surface area contributed by atoms with Crippen molar-refractivity contribution in [3.05, 3.63) is 54.4 Å². The van der Waals surface area contributed by atoms with Crippen molar-refractivity contribution in [1.29, 1.82) is 0 Å². The molecule has 140 valence electrons. The molecule has 1 aliphatic rings. The van der Waals surface area contributed by atoms with Gasteiger partial charge in [0.05, 0.1) is 29.5 Å². The Labute approximate surface area is 153 Å². The van der Waals surface area contributed by atoms with E-state index in [2.05, 4.69) is 4.98 Å². The van der Waals surface area contributed by atoms with Gasteiger partial charge in [-0.15, -0.1) is 0 Å². The standard InChI is InChI=1S/C19H18N2O6/c22-8-15-16(23)17(24)18(27-15)21-9-20-13-7-10(5-6-14(13)21)11-3-1-2-4-12(11)19(25)26/h1-7,9,15-18,22-24H,8H2,(H,25,26)/t15-,16-,17-,18-/m1/s1. The van der Waals surface area contributed by atoms with Gasteiger partial charge in [-0.2, -0.15) is 0 Å². The third kappa shape index (κ3) is 2.88. The first-order chi connectivity index (χ1) is 13.0. The van der Waals surface area contributed by atoms with Gasteiger partial charge in [0, 0.05) is 0 Å². The zero-order valence-electron chi connectivity index (χ0n) is 14.1. The molecule has 0 saturated carbocycles. The van der Waals surface area contributed by atoms with E-state index >= 15 is 0 Å². The van der Waals surface area contributed by atoms with Gasteiger partial charge < -0.3 is 29.7 Å². The Morgan fingerprint density at radius 1 is 1.15 bits per heavy atom. The molecule has 2 aromatic carbocycles. The lowest BCUT2D eigenvalue weighted by atomic mass is 9.99. The van der Waals surface area contributed by atoms with E-state index in [0.717, 1.165) is 0 Å². The lowest BCUT2D eigenvalue weighted by Crippen LogP contribution is -2.33. The average Bonchev–Trinajstić information content (AvgIpc) is 3.22. The van der Waals surface area contributed by atoms with Crippen LogP contribution in [0.2, 0.25) is 0 Å². The number of hydrogen-bond donors (Lipinski definition) is 4. The van der Waals surface area contributed by atoms with Crippen LogP contribution in [0, 0.1) is 0 Å². The minimum Gasteiger partial charge on any atom is -0.478 e. The number of imidazole rings is 1. The molecule has 8 nitrogen and oxygen atoms in total. The fraction of sp³-hybridized carbons (Fsp3) is 0.263. The molecule has 1 saturated heterocycles. The number of aliphatic hydroxyl groups excluding tert-OH is 3. The van der Waals surface area contributed by atoms with E-state index in [4.69, 9.17) is 4.74 Å². The average molecular weight is 370 g/mol. The zero-order valence-corrected chi connectivity index (χ0v) is 14.1. The highest BCUT2D eigenvalue weighted by molar-refractivity contribution is 5.97. The molecule has 4 rings (SSSR count). The molecule has 1 aliphatic heterocycles. The number of aromatic carboxylic acids is 1. The Hall–Kier alpha value is -2.78. The number of hydrogen-bond acceptors (Lipinski definition) is 6. The molecule has 1 fully saturated rings. The third-order valence-electron chi connectivity index (χ3n) is 4.83. The van der Waals surface area contributed by atoms with Crippen LogP contribution in [0.25, 0.3) is 22.2 Å². The predicted octanol–water partition coefficient (Wildman–Crippen LogP) is 1.01. The van der Waals surface area contributed by atoms with Crippen molar-refractivity contribution in [2.24, 2.45) is 0 Å². The smallest absolute Gasteiger partial charge is 0.336 e. The number of rotatable bonds is 4. The largest absolute Gasteiger partial charge is 0.478 e. The quantitative estimate of drug-likeness (QED) is 0.540. The van der Waals surface area contributed by atoms with Crippen LogP contribution >= 0.6 is 0 Å². The summed E-state index contributed by atoms with van der Waals surface area (Å²) in [6.07, 6.45) is -2.66. The third-order valence-corrected chi connectivity index (χ3v) is 4.83. The van der Waals surface area contributed by atoms with E-state index < -0.39 is 37.1 Å². The molecule has 0 amide bonds. The summed E-state index contributed by atoms with van der Waals surface area (Å²) < 4.78 is 7.14. The number of fused-ring (bicyclic) bond motifs is 1. The summed E-state index contributed by atoms with van der Waals surface area (Å²) in [6, 6.07) is 12.0. The van der Waals surface area contributed by atoms with Crippen molar-refractivity contribution in [1.82, 2.24) is 9.55 Å². The molecule has 0 aliphatic carbocycles. The summed E-state index contributed by atoms with van der Waals surface area (Å²) in [5.41, 5.74) is 2.72. The van der Waals surface area contributed by atoms with E-state index in [1.807, 2.05) is 0 Å². The summed E-state index contributed by atoms with van der Waals surface area (Å²) >= 11 is 0. The Morgan fingerprint density at radius 2 is 1.93 bits per heavy atom. The van der Waals surface area contributed by atoms with Crippen molar-refractivity contribution >= 4 is 17.0 Å². The van der Waals surface area contributed by atoms with Crippen LogP contribution in [0.5, 0.6) is 0 Å². The van der Waals surface area contributed by atoms with Crippen LogP contribution in [0.1, 0.15) is 16.6 Å². The molecule has 1 aromatic heterocycles. The molecule has 0 unspecified atom stereocenters. The van der Waals surface area contributed by atoms with Crippen molar-refractivity contribution in [2.75, 3.05) is 6.61 Å². The van der Waals surface area contributed by atoms with Crippen molar-refractivity contribution < 1.29 is 30.0 Å². The Bertz CT molecular complexity index is 1000. The van der Waals surface area contributed by atoms with Crippen molar-refractivity contribution in [3.63, 3.8) is 0 Å². The fourth-order valence-corrected chi connectivity index (χ4v) is 3.43. The number of carboxylic acids is 1. The normalized spacial score (nSPS) is 25.1. The number of benzene rings is 2. The highest BCUT2D eigenvalue weighted by atomic mass is 16.6. The molecule has 27 heavy (non-hydrogen) atoms. The monoisotopic (exact) mass is 370 g/mol. The number of carboxylic acid groups (broad SMARTS) is 1. The lowest BCUT2D eigenvalue weighted by Gasteiger charge is -2.17. The fourth-order valence-electron chi connectivity index (χ4n) is 3.43. The number of aromatic nitrogens is 2. The first-order valence-electron chi connectivity index (χ1n) is 8.43. The summed E-state index contributed by atoms with van der Waals surface area (Å²) in [5.74, 6) is -1.01. The summed E-state index contributed by atoms with van der Waals surface area (Å²) in [6.45, 7) is -0.405. The molecular formula is C19H18N2O6. The van der Waals surface area contributed by atoms with Gasteiger partial charge in [0.2, 0.25) is 0 Å².